The number of halogens is 3. The molecule has 1 aliphatic carbocycles. The fourth-order valence-electron chi connectivity index (χ4n) is 2.20. The van der Waals surface area contributed by atoms with Crippen LogP contribution in [0, 0.1) is 5.92 Å². The molecule has 6 heteroatoms. The summed E-state index contributed by atoms with van der Waals surface area (Å²) in [5, 5.41) is 2.27. The summed E-state index contributed by atoms with van der Waals surface area (Å²) >= 11 is 0. The van der Waals surface area contributed by atoms with Gasteiger partial charge in [0.25, 0.3) is 5.92 Å². The molecule has 0 saturated heterocycles. The SMILES string of the molecule is Cl.NCC(F)(F)CNC(=O)CC1CCCCCC1. The minimum absolute atomic E-state index is 0. The van der Waals surface area contributed by atoms with Crippen molar-refractivity contribution in [2.24, 2.45) is 11.7 Å². The molecule has 3 nitrogen and oxygen atoms in total. The van der Waals surface area contributed by atoms with Gasteiger partial charge in [-0.25, -0.2) is 8.78 Å². The highest BCUT2D eigenvalue weighted by Gasteiger charge is 2.27. The predicted molar refractivity (Wildman–Crippen MR) is 70.1 cm³/mol. The molecule has 0 spiro atoms. The van der Waals surface area contributed by atoms with Gasteiger partial charge in [0.1, 0.15) is 0 Å². The van der Waals surface area contributed by atoms with Crippen molar-refractivity contribution in [2.45, 2.75) is 50.9 Å². The molecule has 0 bridgehead atoms. The van der Waals surface area contributed by atoms with E-state index in [9.17, 15) is 13.6 Å². The second-order valence-electron chi connectivity index (χ2n) is 4.90. The molecule has 1 aliphatic rings. The van der Waals surface area contributed by atoms with Crippen molar-refractivity contribution in [3.05, 3.63) is 0 Å². The Balaban J connectivity index is 0.00000289. The first-order valence-corrected chi connectivity index (χ1v) is 6.38. The molecule has 3 N–H and O–H groups in total. The molecule has 1 fully saturated rings. The molecule has 0 aromatic heterocycles. The Labute approximate surface area is 113 Å². The number of hydrogen-bond acceptors (Lipinski definition) is 2. The van der Waals surface area contributed by atoms with Gasteiger partial charge in [0.2, 0.25) is 5.91 Å². The van der Waals surface area contributed by atoms with E-state index < -0.39 is 19.0 Å². The van der Waals surface area contributed by atoms with E-state index in [4.69, 9.17) is 5.73 Å². The molecule has 0 aromatic carbocycles. The zero-order valence-electron chi connectivity index (χ0n) is 10.6. The molecule has 0 radical (unpaired) electrons. The number of hydrogen-bond donors (Lipinski definition) is 2. The zero-order valence-corrected chi connectivity index (χ0v) is 11.4. The number of nitrogens with two attached hydrogens (primary N) is 1. The number of alkyl halides is 2. The molecule has 0 atom stereocenters. The molecule has 108 valence electrons. The van der Waals surface area contributed by atoms with E-state index in [0.29, 0.717) is 12.3 Å². The van der Waals surface area contributed by atoms with E-state index in [0.717, 1.165) is 25.7 Å². The molecule has 0 unspecified atom stereocenters. The average Bonchev–Trinajstić information content (AvgIpc) is 2.55. The largest absolute Gasteiger partial charge is 0.350 e. The third-order valence-electron chi connectivity index (χ3n) is 3.29. The number of carbonyl (C=O) groups is 1. The van der Waals surface area contributed by atoms with E-state index in [1.165, 1.54) is 12.8 Å². The molecular formula is C12H23ClF2N2O. The summed E-state index contributed by atoms with van der Waals surface area (Å²) in [5.74, 6) is -2.90. The lowest BCUT2D eigenvalue weighted by molar-refractivity contribution is -0.123. The smallest absolute Gasteiger partial charge is 0.277 e. The van der Waals surface area contributed by atoms with Crippen molar-refractivity contribution in [3.63, 3.8) is 0 Å². The van der Waals surface area contributed by atoms with Gasteiger partial charge in [-0.3, -0.25) is 4.79 Å². The van der Waals surface area contributed by atoms with Crippen molar-refractivity contribution < 1.29 is 13.6 Å². The molecule has 0 heterocycles. The van der Waals surface area contributed by atoms with Crippen LogP contribution >= 0.6 is 12.4 Å². The lowest BCUT2D eigenvalue weighted by Gasteiger charge is -2.17. The Bertz CT molecular complexity index is 244. The van der Waals surface area contributed by atoms with Crippen molar-refractivity contribution in [2.75, 3.05) is 13.1 Å². The summed E-state index contributed by atoms with van der Waals surface area (Å²) in [5.41, 5.74) is 4.90. The Hall–Kier alpha value is -0.420. The fraction of sp³-hybridized carbons (Fsp3) is 0.917. The third-order valence-corrected chi connectivity index (χ3v) is 3.29. The normalized spacial score (nSPS) is 17.7. The number of rotatable bonds is 5. The Morgan fingerprint density at radius 2 is 1.78 bits per heavy atom. The lowest BCUT2D eigenvalue weighted by atomic mass is 9.96. The zero-order chi connectivity index (χ0) is 12.7. The summed E-state index contributed by atoms with van der Waals surface area (Å²) in [6.45, 7) is -1.37. The van der Waals surface area contributed by atoms with Gasteiger partial charge in [-0.1, -0.05) is 25.7 Å². The highest BCUT2D eigenvalue weighted by Crippen LogP contribution is 2.25. The molecular weight excluding hydrogens is 262 g/mol. The van der Waals surface area contributed by atoms with Crippen LogP contribution in [0.1, 0.15) is 44.9 Å². The van der Waals surface area contributed by atoms with Crippen LogP contribution in [0.5, 0.6) is 0 Å². The summed E-state index contributed by atoms with van der Waals surface area (Å²) in [7, 11) is 0. The fourth-order valence-corrected chi connectivity index (χ4v) is 2.20. The van der Waals surface area contributed by atoms with Crippen LogP contribution < -0.4 is 11.1 Å². The van der Waals surface area contributed by atoms with E-state index >= 15 is 0 Å². The first kappa shape index (κ1) is 17.6. The molecule has 1 rings (SSSR count). The minimum Gasteiger partial charge on any atom is -0.350 e. The predicted octanol–water partition coefficient (Wildman–Crippen LogP) is 2.48. The van der Waals surface area contributed by atoms with Crippen molar-refractivity contribution in [3.8, 4) is 0 Å². The van der Waals surface area contributed by atoms with Crippen LogP contribution in [-0.4, -0.2) is 24.9 Å². The highest BCUT2D eigenvalue weighted by molar-refractivity contribution is 5.85. The van der Waals surface area contributed by atoms with Gasteiger partial charge in [-0.05, 0) is 18.8 Å². The van der Waals surface area contributed by atoms with Gasteiger partial charge in [-0.2, -0.15) is 0 Å². The average molecular weight is 285 g/mol. The Morgan fingerprint density at radius 3 is 2.28 bits per heavy atom. The van der Waals surface area contributed by atoms with Crippen LogP contribution in [-0.2, 0) is 4.79 Å². The standard InChI is InChI=1S/C12H22F2N2O.ClH/c13-12(14,8-15)9-16-11(17)7-10-5-3-1-2-4-6-10;/h10H,1-9,15H2,(H,16,17);1H. The van der Waals surface area contributed by atoms with Crippen molar-refractivity contribution in [1.82, 2.24) is 5.32 Å². The maximum atomic E-state index is 12.8. The number of nitrogens with one attached hydrogen (secondary N) is 1. The number of amides is 1. The second kappa shape index (κ2) is 8.64. The maximum Gasteiger partial charge on any atom is 0.277 e. The summed E-state index contributed by atoms with van der Waals surface area (Å²) in [6, 6.07) is 0. The number of carbonyl (C=O) groups excluding carboxylic acids is 1. The summed E-state index contributed by atoms with van der Waals surface area (Å²) < 4.78 is 25.6. The minimum atomic E-state index is -2.99. The maximum absolute atomic E-state index is 12.8. The van der Waals surface area contributed by atoms with E-state index in [2.05, 4.69) is 5.32 Å². The van der Waals surface area contributed by atoms with Crippen LogP contribution in [0.25, 0.3) is 0 Å². The van der Waals surface area contributed by atoms with Crippen molar-refractivity contribution >= 4 is 18.3 Å². The second-order valence-corrected chi connectivity index (χ2v) is 4.90. The van der Waals surface area contributed by atoms with Gasteiger partial charge in [0.15, 0.2) is 0 Å². The van der Waals surface area contributed by atoms with Gasteiger partial charge in [0, 0.05) is 6.42 Å². The topological polar surface area (TPSA) is 55.1 Å². The quantitative estimate of drug-likeness (QED) is 0.762. The van der Waals surface area contributed by atoms with E-state index in [-0.39, 0.29) is 18.3 Å². The molecule has 0 aliphatic heterocycles. The highest BCUT2D eigenvalue weighted by atomic mass is 35.5. The lowest BCUT2D eigenvalue weighted by Crippen LogP contribution is -2.41. The summed E-state index contributed by atoms with van der Waals surface area (Å²) in [4.78, 5) is 11.5. The Morgan fingerprint density at radius 1 is 1.22 bits per heavy atom. The van der Waals surface area contributed by atoms with Crippen LogP contribution in [0.3, 0.4) is 0 Å². The Kier molecular flexibility index (Phi) is 8.44. The first-order valence-electron chi connectivity index (χ1n) is 6.38. The van der Waals surface area contributed by atoms with E-state index in [1.54, 1.807) is 0 Å². The van der Waals surface area contributed by atoms with Gasteiger partial charge < -0.3 is 11.1 Å². The van der Waals surface area contributed by atoms with Crippen LogP contribution in [0.2, 0.25) is 0 Å². The van der Waals surface area contributed by atoms with Crippen molar-refractivity contribution in [1.29, 1.82) is 0 Å². The van der Waals surface area contributed by atoms with Gasteiger partial charge in [0.05, 0.1) is 13.1 Å². The molecule has 1 amide bonds. The van der Waals surface area contributed by atoms with Gasteiger partial charge >= 0.3 is 0 Å². The molecule has 0 aromatic rings. The van der Waals surface area contributed by atoms with E-state index in [1.807, 2.05) is 0 Å². The molecule has 1 saturated carbocycles. The van der Waals surface area contributed by atoms with Gasteiger partial charge in [-0.15, -0.1) is 12.4 Å². The van der Waals surface area contributed by atoms with Crippen LogP contribution in [0.4, 0.5) is 8.78 Å². The summed E-state index contributed by atoms with van der Waals surface area (Å²) in [6.07, 6.45) is 7.21. The monoisotopic (exact) mass is 284 g/mol. The first-order chi connectivity index (χ1) is 8.03. The third kappa shape index (κ3) is 7.11. The molecule has 18 heavy (non-hydrogen) atoms. The van der Waals surface area contributed by atoms with Crippen LogP contribution in [0.15, 0.2) is 0 Å².